The van der Waals surface area contributed by atoms with Crippen LogP contribution < -0.4 is 5.73 Å². The van der Waals surface area contributed by atoms with Gasteiger partial charge in [0.25, 0.3) is 0 Å². The van der Waals surface area contributed by atoms with Crippen LogP contribution in [0.5, 0.6) is 0 Å². The molecule has 3 rings (SSSR count). The molecule has 1 fully saturated rings. The van der Waals surface area contributed by atoms with E-state index in [2.05, 4.69) is 47.1 Å². The average molecular weight is 285 g/mol. The standard InChI is InChI=1S/C18H27N3/c1-2-18(15-10-6-5-7-11-15)14-20-17(19)21(18)16-12-8-3-4-9-13-16/h5-7,10-11,16H,2-4,8-9,12-14H2,1H3,(H2,19,20). The lowest BCUT2D eigenvalue weighted by atomic mass is 9.84. The summed E-state index contributed by atoms with van der Waals surface area (Å²) >= 11 is 0. The first-order chi connectivity index (χ1) is 10.3. The molecule has 114 valence electrons. The van der Waals surface area contributed by atoms with Gasteiger partial charge < -0.3 is 10.6 Å². The molecule has 21 heavy (non-hydrogen) atoms. The van der Waals surface area contributed by atoms with Gasteiger partial charge in [-0.2, -0.15) is 0 Å². The molecule has 1 aromatic carbocycles. The van der Waals surface area contributed by atoms with Crippen molar-refractivity contribution in [3.63, 3.8) is 0 Å². The molecule has 0 bridgehead atoms. The summed E-state index contributed by atoms with van der Waals surface area (Å²) in [6, 6.07) is 11.4. The first-order valence-electron chi connectivity index (χ1n) is 8.43. The van der Waals surface area contributed by atoms with Crippen molar-refractivity contribution in [1.82, 2.24) is 4.90 Å². The van der Waals surface area contributed by atoms with Crippen molar-refractivity contribution >= 4 is 5.96 Å². The SMILES string of the molecule is CCC1(c2ccccc2)CN=C(N)N1C1CCCCCC1. The van der Waals surface area contributed by atoms with E-state index < -0.39 is 0 Å². The maximum Gasteiger partial charge on any atom is 0.192 e. The molecule has 2 N–H and O–H groups in total. The highest BCUT2D eigenvalue weighted by molar-refractivity contribution is 5.81. The summed E-state index contributed by atoms with van der Waals surface area (Å²) in [6.07, 6.45) is 8.94. The Labute approximate surface area is 128 Å². The van der Waals surface area contributed by atoms with E-state index in [0.29, 0.717) is 6.04 Å². The van der Waals surface area contributed by atoms with Crippen molar-refractivity contribution < 1.29 is 0 Å². The van der Waals surface area contributed by atoms with Gasteiger partial charge >= 0.3 is 0 Å². The lowest BCUT2D eigenvalue weighted by Crippen LogP contribution is -2.54. The van der Waals surface area contributed by atoms with E-state index in [9.17, 15) is 0 Å². The summed E-state index contributed by atoms with van der Waals surface area (Å²) in [5, 5.41) is 0. The zero-order valence-electron chi connectivity index (χ0n) is 13.1. The van der Waals surface area contributed by atoms with Crippen LogP contribution in [0.4, 0.5) is 0 Å². The highest BCUT2D eigenvalue weighted by atomic mass is 15.4. The molecular formula is C18H27N3. The van der Waals surface area contributed by atoms with Crippen LogP contribution in [-0.4, -0.2) is 23.4 Å². The Kier molecular flexibility index (Phi) is 4.18. The second kappa shape index (κ2) is 6.08. The maximum absolute atomic E-state index is 6.33. The summed E-state index contributed by atoms with van der Waals surface area (Å²) in [4.78, 5) is 7.11. The Hall–Kier alpha value is -1.51. The Bertz CT molecular complexity index is 488. The summed E-state index contributed by atoms with van der Waals surface area (Å²) in [7, 11) is 0. The molecule has 0 saturated heterocycles. The van der Waals surface area contributed by atoms with Gasteiger partial charge in [0, 0.05) is 6.04 Å². The zero-order valence-corrected chi connectivity index (χ0v) is 13.1. The Balaban J connectivity index is 1.95. The smallest absolute Gasteiger partial charge is 0.192 e. The first-order valence-corrected chi connectivity index (χ1v) is 8.43. The molecule has 1 heterocycles. The zero-order chi connectivity index (χ0) is 14.7. The lowest BCUT2D eigenvalue weighted by Gasteiger charge is -2.44. The van der Waals surface area contributed by atoms with E-state index in [1.54, 1.807) is 0 Å². The van der Waals surface area contributed by atoms with Crippen LogP contribution in [0.2, 0.25) is 0 Å². The second-order valence-electron chi connectivity index (χ2n) is 6.44. The molecule has 0 aromatic heterocycles. The van der Waals surface area contributed by atoms with Gasteiger partial charge in [-0.05, 0) is 24.8 Å². The minimum Gasteiger partial charge on any atom is -0.370 e. The molecule has 0 radical (unpaired) electrons. The number of nitrogens with two attached hydrogens (primary N) is 1. The number of nitrogens with zero attached hydrogens (tertiary/aromatic N) is 2. The van der Waals surface area contributed by atoms with Crippen molar-refractivity contribution in [2.75, 3.05) is 6.54 Å². The van der Waals surface area contributed by atoms with Gasteiger partial charge in [0.15, 0.2) is 5.96 Å². The van der Waals surface area contributed by atoms with Crippen LogP contribution in [0.25, 0.3) is 0 Å². The van der Waals surface area contributed by atoms with Crippen molar-refractivity contribution in [3.05, 3.63) is 35.9 Å². The minimum atomic E-state index is -0.0274. The molecule has 1 aromatic rings. The summed E-state index contributed by atoms with van der Waals surface area (Å²) in [5.74, 6) is 0.757. The van der Waals surface area contributed by atoms with Gasteiger partial charge in [-0.25, -0.2) is 0 Å². The number of rotatable bonds is 3. The largest absolute Gasteiger partial charge is 0.370 e. The predicted octanol–water partition coefficient (Wildman–Crippen LogP) is 3.65. The van der Waals surface area contributed by atoms with Crippen LogP contribution in [0.1, 0.15) is 57.4 Å². The molecule has 0 amide bonds. The van der Waals surface area contributed by atoms with Gasteiger partial charge in [0.2, 0.25) is 0 Å². The first kappa shape index (κ1) is 14.4. The summed E-state index contributed by atoms with van der Waals surface area (Å²) in [6.45, 7) is 3.07. The Morgan fingerprint density at radius 2 is 1.81 bits per heavy atom. The Morgan fingerprint density at radius 1 is 1.14 bits per heavy atom. The van der Waals surface area contributed by atoms with Gasteiger partial charge in [-0.15, -0.1) is 0 Å². The maximum atomic E-state index is 6.33. The topological polar surface area (TPSA) is 41.6 Å². The second-order valence-corrected chi connectivity index (χ2v) is 6.44. The molecule has 2 aliphatic rings. The van der Waals surface area contributed by atoms with Gasteiger partial charge in [-0.3, -0.25) is 4.99 Å². The predicted molar refractivity (Wildman–Crippen MR) is 88.2 cm³/mol. The van der Waals surface area contributed by atoms with Gasteiger partial charge in [0.05, 0.1) is 12.1 Å². The van der Waals surface area contributed by atoms with E-state index in [-0.39, 0.29) is 5.54 Å². The molecule has 1 aliphatic heterocycles. The number of aliphatic imine (C=N–C) groups is 1. The van der Waals surface area contributed by atoms with Crippen molar-refractivity contribution in [3.8, 4) is 0 Å². The summed E-state index contributed by atoms with van der Waals surface area (Å²) in [5.41, 5.74) is 7.66. The monoisotopic (exact) mass is 285 g/mol. The van der Waals surface area contributed by atoms with Gasteiger partial charge in [-0.1, -0.05) is 62.9 Å². The Morgan fingerprint density at radius 3 is 2.43 bits per heavy atom. The highest BCUT2D eigenvalue weighted by Gasteiger charge is 2.45. The molecule has 0 spiro atoms. The fraction of sp³-hybridized carbons (Fsp3) is 0.611. The van der Waals surface area contributed by atoms with E-state index >= 15 is 0 Å². The molecule has 3 nitrogen and oxygen atoms in total. The third-order valence-electron chi connectivity index (χ3n) is 5.30. The molecular weight excluding hydrogens is 258 g/mol. The third kappa shape index (κ3) is 2.54. The van der Waals surface area contributed by atoms with E-state index in [4.69, 9.17) is 5.73 Å². The molecule has 3 heteroatoms. The van der Waals surface area contributed by atoms with Crippen LogP contribution in [0.3, 0.4) is 0 Å². The van der Waals surface area contributed by atoms with Crippen LogP contribution in [0.15, 0.2) is 35.3 Å². The quantitative estimate of drug-likeness (QED) is 0.861. The minimum absolute atomic E-state index is 0.0274. The number of hydrogen-bond acceptors (Lipinski definition) is 3. The molecule has 1 atom stereocenters. The fourth-order valence-corrected chi connectivity index (χ4v) is 4.10. The number of guanidine groups is 1. The van der Waals surface area contributed by atoms with Crippen LogP contribution in [-0.2, 0) is 5.54 Å². The molecule has 1 saturated carbocycles. The highest BCUT2D eigenvalue weighted by Crippen LogP contribution is 2.40. The fourth-order valence-electron chi connectivity index (χ4n) is 4.10. The molecule has 1 aliphatic carbocycles. The van der Waals surface area contributed by atoms with E-state index in [1.165, 1.54) is 44.1 Å². The van der Waals surface area contributed by atoms with Crippen molar-refractivity contribution in [2.24, 2.45) is 10.7 Å². The van der Waals surface area contributed by atoms with Crippen LogP contribution in [0, 0.1) is 0 Å². The van der Waals surface area contributed by atoms with Crippen molar-refractivity contribution in [1.29, 1.82) is 0 Å². The van der Waals surface area contributed by atoms with Gasteiger partial charge in [0.1, 0.15) is 0 Å². The van der Waals surface area contributed by atoms with E-state index in [1.807, 2.05) is 0 Å². The molecule has 1 unspecified atom stereocenters. The third-order valence-corrected chi connectivity index (χ3v) is 5.30. The number of benzene rings is 1. The normalized spacial score (nSPS) is 27.5. The summed E-state index contributed by atoms with van der Waals surface area (Å²) < 4.78 is 0. The van der Waals surface area contributed by atoms with E-state index in [0.717, 1.165) is 18.9 Å². The number of hydrogen-bond donors (Lipinski definition) is 1. The lowest BCUT2D eigenvalue weighted by molar-refractivity contribution is 0.130. The van der Waals surface area contributed by atoms with Crippen LogP contribution >= 0.6 is 0 Å². The van der Waals surface area contributed by atoms with Crippen molar-refractivity contribution in [2.45, 2.75) is 63.5 Å². The average Bonchev–Trinajstić information content (AvgIpc) is 2.70.